The molecule has 0 saturated carbocycles. The second-order valence-electron chi connectivity index (χ2n) is 5.86. The van der Waals surface area contributed by atoms with Gasteiger partial charge < -0.3 is 14.8 Å². The number of hydrazone groups is 1. The Kier molecular flexibility index (Phi) is 6.93. The van der Waals surface area contributed by atoms with E-state index < -0.39 is 0 Å². The molecule has 2 rings (SSSR count). The second-order valence-corrected chi connectivity index (χ2v) is 5.86. The summed E-state index contributed by atoms with van der Waals surface area (Å²) in [6.07, 6.45) is 0.165. The van der Waals surface area contributed by atoms with E-state index in [-0.39, 0.29) is 18.2 Å². The largest absolute Gasteiger partial charge is 0.493 e. The van der Waals surface area contributed by atoms with Crippen LogP contribution in [0, 0.1) is 0 Å². The summed E-state index contributed by atoms with van der Waals surface area (Å²) in [7, 11) is 3.11. The average molecular weight is 369 g/mol. The van der Waals surface area contributed by atoms with E-state index in [4.69, 9.17) is 9.47 Å². The summed E-state index contributed by atoms with van der Waals surface area (Å²) in [6.45, 7) is 3.25. The summed E-state index contributed by atoms with van der Waals surface area (Å²) in [6, 6.07) is 12.5. The van der Waals surface area contributed by atoms with E-state index in [0.29, 0.717) is 22.9 Å². The summed E-state index contributed by atoms with van der Waals surface area (Å²) in [4.78, 5) is 23.2. The van der Waals surface area contributed by atoms with E-state index in [0.717, 1.165) is 11.1 Å². The van der Waals surface area contributed by atoms with E-state index in [1.165, 1.54) is 6.92 Å². The second kappa shape index (κ2) is 9.38. The van der Waals surface area contributed by atoms with Crippen LogP contribution in [0.2, 0.25) is 0 Å². The monoisotopic (exact) mass is 369 g/mol. The maximum Gasteiger partial charge on any atom is 0.244 e. The van der Waals surface area contributed by atoms with Crippen LogP contribution < -0.4 is 20.2 Å². The van der Waals surface area contributed by atoms with Gasteiger partial charge in [0.1, 0.15) is 0 Å². The summed E-state index contributed by atoms with van der Waals surface area (Å²) in [5.74, 6) is 0.812. The van der Waals surface area contributed by atoms with Crippen molar-refractivity contribution in [2.75, 3.05) is 19.5 Å². The molecule has 0 aliphatic carbocycles. The molecule has 2 aromatic rings. The third-order valence-electron chi connectivity index (χ3n) is 3.78. The number of methoxy groups -OCH3 is 2. The minimum absolute atomic E-state index is 0.129. The highest BCUT2D eigenvalue weighted by atomic mass is 16.5. The zero-order chi connectivity index (χ0) is 19.8. The van der Waals surface area contributed by atoms with Crippen LogP contribution in [0.5, 0.6) is 11.5 Å². The van der Waals surface area contributed by atoms with Gasteiger partial charge in [0, 0.05) is 12.6 Å². The van der Waals surface area contributed by atoms with Crippen molar-refractivity contribution in [2.45, 2.75) is 20.3 Å². The number of carbonyl (C=O) groups is 2. The van der Waals surface area contributed by atoms with Crippen LogP contribution in [0.1, 0.15) is 25.0 Å². The van der Waals surface area contributed by atoms with Gasteiger partial charge in [0.25, 0.3) is 0 Å². The number of rotatable bonds is 7. The molecule has 7 nitrogen and oxygen atoms in total. The molecule has 0 atom stereocenters. The van der Waals surface area contributed by atoms with Crippen molar-refractivity contribution in [2.24, 2.45) is 5.10 Å². The van der Waals surface area contributed by atoms with Gasteiger partial charge in [0.2, 0.25) is 11.8 Å². The van der Waals surface area contributed by atoms with E-state index in [2.05, 4.69) is 15.8 Å². The standard InChI is InChI=1S/C20H23N3O4/c1-13(16-6-8-17(9-7-16)21-14(2)24)22-23-20(25)12-15-5-10-18(26-3)19(11-15)27-4/h5-11H,12H2,1-4H3,(H,21,24)(H,23,25)/b22-13-. The fourth-order valence-corrected chi connectivity index (χ4v) is 2.42. The van der Waals surface area contributed by atoms with Crippen LogP contribution in [-0.2, 0) is 16.0 Å². The van der Waals surface area contributed by atoms with E-state index >= 15 is 0 Å². The highest BCUT2D eigenvalue weighted by Crippen LogP contribution is 2.27. The Labute approximate surface area is 158 Å². The molecule has 0 spiro atoms. The third kappa shape index (κ3) is 5.85. The van der Waals surface area contributed by atoms with E-state index in [1.807, 2.05) is 12.1 Å². The smallest absolute Gasteiger partial charge is 0.244 e. The zero-order valence-corrected chi connectivity index (χ0v) is 15.8. The van der Waals surface area contributed by atoms with Gasteiger partial charge in [-0.1, -0.05) is 18.2 Å². The summed E-state index contributed by atoms with van der Waals surface area (Å²) < 4.78 is 10.4. The first-order chi connectivity index (χ1) is 12.9. The highest BCUT2D eigenvalue weighted by molar-refractivity contribution is 6.00. The van der Waals surface area contributed by atoms with Crippen molar-refractivity contribution in [3.63, 3.8) is 0 Å². The fourth-order valence-electron chi connectivity index (χ4n) is 2.42. The lowest BCUT2D eigenvalue weighted by molar-refractivity contribution is -0.120. The lowest BCUT2D eigenvalue weighted by Crippen LogP contribution is -2.21. The molecule has 0 fully saturated rings. The third-order valence-corrected chi connectivity index (χ3v) is 3.78. The quantitative estimate of drug-likeness (QED) is 0.580. The molecule has 0 unspecified atom stereocenters. The van der Waals surface area contributed by atoms with Crippen LogP contribution in [-0.4, -0.2) is 31.7 Å². The lowest BCUT2D eigenvalue weighted by Gasteiger charge is -2.09. The first-order valence-corrected chi connectivity index (χ1v) is 8.35. The van der Waals surface area contributed by atoms with Gasteiger partial charge in [-0.15, -0.1) is 0 Å². The maximum absolute atomic E-state index is 12.1. The fraction of sp³-hybridized carbons (Fsp3) is 0.250. The number of amides is 2. The van der Waals surface area contributed by atoms with Gasteiger partial charge in [-0.2, -0.15) is 5.10 Å². The summed E-state index contributed by atoms with van der Waals surface area (Å²) >= 11 is 0. The molecule has 0 saturated heterocycles. The molecule has 0 heterocycles. The van der Waals surface area contributed by atoms with Gasteiger partial charge in [-0.05, 0) is 42.3 Å². The minimum Gasteiger partial charge on any atom is -0.493 e. The molecular formula is C20H23N3O4. The van der Waals surface area contributed by atoms with Gasteiger partial charge >= 0.3 is 0 Å². The van der Waals surface area contributed by atoms with Crippen LogP contribution >= 0.6 is 0 Å². The van der Waals surface area contributed by atoms with Gasteiger partial charge in [0.15, 0.2) is 11.5 Å². The molecule has 2 amide bonds. The Morgan fingerprint density at radius 2 is 1.63 bits per heavy atom. The number of nitrogens with zero attached hydrogens (tertiary/aromatic N) is 1. The number of hydrogen-bond donors (Lipinski definition) is 2. The highest BCUT2D eigenvalue weighted by Gasteiger charge is 2.08. The van der Waals surface area contributed by atoms with Crippen molar-refractivity contribution >= 4 is 23.2 Å². The van der Waals surface area contributed by atoms with E-state index in [1.54, 1.807) is 51.5 Å². The molecule has 142 valence electrons. The number of ether oxygens (including phenoxy) is 2. The number of anilines is 1. The average Bonchev–Trinajstić information content (AvgIpc) is 2.66. The molecule has 0 radical (unpaired) electrons. The number of hydrogen-bond acceptors (Lipinski definition) is 5. The number of benzene rings is 2. The predicted molar refractivity (Wildman–Crippen MR) is 104 cm³/mol. The van der Waals surface area contributed by atoms with Gasteiger partial charge in [-0.3, -0.25) is 9.59 Å². The Balaban J connectivity index is 1.98. The van der Waals surface area contributed by atoms with Crippen LogP contribution in [0.3, 0.4) is 0 Å². The Bertz CT molecular complexity index is 845. The minimum atomic E-state index is -0.239. The van der Waals surface area contributed by atoms with Crippen molar-refractivity contribution in [3.8, 4) is 11.5 Å². The number of carbonyl (C=O) groups excluding carboxylic acids is 2. The maximum atomic E-state index is 12.1. The van der Waals surface area contributed by atoms with Crippen LogP contribution in [0.25, 0.3) is 0 Å². The molecule has 2 N–H and O–H groups in total. The SMILES string of the molecule is COc1ccc(CC(=O)N/N=C(/C)c2ccc(NC(C)=O)cc2)cc1OC. The zero-order valence-electron chi connectivity index (χ0n) is 15.8. The van der Waals surface area contributed by atoms with Crippen molar-refractivity contribution in [3.05, 3.63) is 53.6 Å². The molecule has 0 aliphatic heterocycles. The van der Waals surface area contributed by atoms with Crippen molar-refractivity contribution in [1.29, 1.82) is 0 Å². The number of nitrogens with one attached hydrogen (secondary N) is 2. The van der Waals surface area contributed by atoms with Crippen LogP contribution in [0.15, 0.2) is 47.6 Å². The van der Waals surface area contributed by atoms with Crippen LogP contribution in [0.4, 0.5) is 5.69 Å². The van der Waals surface area contributed by atoms with Gasteiger partial charge in [0.05, 0.1) is 26.4 Å². The van der Waals surface area contributed by atoms with Gasteiger partial charge in [-0.25, -0.2) is 5.43 Å². The molecule has 0 bridgehead atoms. The Hall–Kier alpha value is -3.35. The lowest BCUT2D eigenvalue weighted by atomic mass is 10.1. The molecule has 0 aromatic heterocycles. The molecule has 7 heteroatoms. The summed E-state index contributed by atoms with van der Waals surface area (Å²) in [5, 5.41) is 6.83. The molecule has 0 aliphatic rings. The van der Waals surface area contributed by atoms with E-state index in [9.17, 15) is 9.59 Å². The normalized spacial score (nSPS) is 10.9. The van der Waals surface area contributed by atoms with Crippen molar-refractivity contribution in [1.82, 2.24) is 5.43 Å². The van der Waals surface area contributed by atoms with Crippen molar-refractivity contribution < 1.29 is 19.1 Å². The first-order valence-electron chi connectivity index (χ1n) is 8.35. The Morgan fingerprint density at radius 1 is 0.963 bits per heavy atom. The topological polar surface area (TPSA) is 89.0 Å². The summed E-state index contributed by atoms with van der Waals surface area (Å²) in [5.41, 5.74) is 5.54. The molecule has 2 aromatic carbocycles. The predicted octanol–water partition coefficient (Wildman–Crippen LogP) is 2.75. The molecule has 27 heavy (non-hydrogen) atoms. The Morgan fingerprint density at radius 3 is 2.22 bits per heavy atom. The first kappa shape index (κ1) is 20.0. The molecular weight excluding hydrogens is 346 g/mol.